The minimum absolute atomic E-state index is 0.207. The zero-order chi connectivity index (χ0) is 12.2. The van der Waals surface area contributed by atoms with Crippen LogP contribution in [0.4, 0.5) is 5.82 Å². The highest BCUT2D eigenvalue weighted by atomic mass is 16.2. The summed E-state index contributed by atoms with van der Waals surface area (Å²) in [6, 6.07) is 0.803. The van der Waals surface area contributed by atoms with Crippen molar-refractivity contribution in [3.8, 4) is 0 Å². The number of aromatic nitrogens is 1. The second-order valence-corrected chi connectivity index (χ2v) is 4.26. The number of pyridine rings is 1. The van der Waals surface area contributed by atoms with Gasteiger partial charge in [0.05, 0.1) is 5.56 Å². The fourth-order valence-corrected chi connectivity index (χ4v) is 2.37. The fourth-order valence-electron chi connectivity index (χ4n) is 2.37. The number of amides is 2. The lowest BCUT2D eigenvalue weighted by Crippen LogP contribution is -2.35. The van der Waals surface area contributed by atoms with Crippen LogP contribution in [0.3, 0.4) is 0 Å². The summed E-state index contributed by atoms with van der Waals surface area (Å²) in [5, 5.41) is 5.36. The summed E-state index contributed by atoms with van der Waals surface area (Å²) < 4.78 is 1.42. The number of anilines is 1. The van der Waals surface area contributed by atoms with E-state index in [1.165, 1.54) is 10.6 Å². The van der Waals surface area contributed by atoms with Gasteiger partial charge in [-0.3, -0.25) is 19.0 Å². The van der Waals surface area contributed by atoms with E-state index in [4.69, 9.17) is 0 Å². The zero-order valence-corrected chi connectivity index (χ0v) is 9.24. The molecule has 17 heavy (non-hydrogen) atoms. The van der Waals surface area contributed by atoms with E-state index >= 15 is 0 Å². The first-order valence-corrected chi connectivity index (χ1v) is 5.47. The van der Waals surface area contributed by atoms with Gasteiger partial charge in [0.1, 0.15) is 11.9 Å². The number of nitrogens with zero attached hydrogens (tertiary/aromatic N) is 1. The molecule has 0 spiro atoms. The van der Waals surface area contributed by atoms with E-state index in [1.54, 1.807) is 6.92 Å². The molecule has 0 saturated heterocycles. The van der Waals surface area contributed by atoms with Crippen molar-refractivity contribution in [2.45, 2.75) is 19.4 Å². The van der Waals surface area contributed by atoms with Gasteiger partial charge in [-0.2, -0.15) is 0 Å². The molecule has 6 heteroatoms. The molecule has 0 aromatic carbocycles. The molecule has 0 aliphatic carbocycles. The van der Waals surface area contributed by atoms with Gasteiger partial charge in [-0.05, 0) is 13.3 Å². The first kappa shape index (κ1) is 10.1. The fraction of sp³-hybridized carbons (Fsp3) is 0.364. The van der Waals surface area contributed by atoms with Gasteiger partial charge in [0.15, 0.2) is 0 Å². The van der Waals surface area contributed by atoms with Gasteiger partial charge in [-0.25, -0.2) is 0 Å². The van der Waals surface area contributed by atoms with Crippen molar-refractivity contribution >= 4 is 17.6 Å². The van der Waals surface area contributed by atoms with Crippen LogP contribution in [0.2, 0.25) is 0 Å². The van der Waals surface area contributed by atoms with Crippen molar-refractivity contribution in [2.75, 3.05) is 11.9 Å². The Bertz CT molecular complexity index is 603. The molecule has 88 valence electrons. The average molecular weight is 233 g/mol. The summed E-state index contributed by atoms with van der Waals surface area (Å²) in [4.78, 5) is 35.1. The SMILES string of the molecule is CC1C(=O)Nc2c3c(cc(=O)n21)C(=O)NCC3. The Hall–Kier alpha value is -2.11. The molecular weight excluding hydrogens is 222 g/mol. The first-order valence-electron chi connectivity index (χ1n) is 5.47. The molecule has 6 nitrogen and oxygen atoms in total. The minimum atomic E-state index is -0.507. The molecule has 1 atom stereocenters. The van der Waals surface area contributed by atoms with Crippen LogP contribution >= 0.6 is 0 Å². The van der Waals surface area contributed by atoms with Crippen LogP contribution in [0.5, 0.6) is 0 Å². The standard InChI is InChI=1S/C11H11N3O3/c1-5-10(16)13-9-6-2-3-12-11(17)7(6)4-8(15)14(5)9/h4-5H,2-3H2,1H3,(H,12,17)(H,13,16). The number of carbonyl (C=O) groups excluding carboxylic acids is 2. The maximum absolute atomic E-state index is 11.9. The molecule has 1 aromatic heterocycles. The highest BCUT2D eigenvalue weighted by Crippen LogP contribution is 2.29. The largest absolute Gasteiger partial charge is 0.352 e. The second-order valence-electron chi connectivity index (χ2n) is 4.26. The summed E-state index contributed by atoms with van der Waals surface area (Å²) >= 11 is 0. The molecule has 3 heterocycles. The van der Waals surface area contributed by atoms with Crippen LogP contribution in [-0.2, 0) is 11.2 Å². The molecule has 2 aliphatic heterocycles. The normalized spacial score (nSPS) is 21.6. The molecular formula is C11H11N3O3. The highest BCUT2D eigenvalue weighted by Gasteiger charge is 2.32. The van der Waals surface area contributed by atoms with Crippen molar-refractivity contribution in [3.63, 3.8) is 0 Å². The molecule has 1 unspecified atom stereocenters. The number of hydrogen-bond donors (Lipinski definition) is 2. The van der Waals surface area contributed by atoms with Crippen LogP contribution in [0.1, 0.15) is 28.9 Å². The molecule has 0 fully saturated rings. The number of nitrogens with one attached hydrogen (secondary N) is 2. The Morgan fingerprint density at radius 1 is 1.35 bits per heavy atom. The third kappa shape index (κ3) is 1.23. The van der Waals surface area contributed by atoms with E-state index in [2.05, 4.69) is 10.6 Å². The van der Waals surface area contributed by atoms with Crippen molar-refractivity contribution in [1.29, 1.82) is 0 Å². The van der Waals surface area contributed by atoms with E-state index in [0.717, 1.165) is 5.56 Å². The molecule has 3 rings (SSSR count). The molecule has 0 saturated carbocycles. The third-order valence-corrected chi connectivity index (χ3v) is 3.27. The van der Waals surface area contributed by atoms with E-state index in [1.807, 2.05) is 0 Å². The Kier molecular flexibility index (Phi) is 1.89. The summed E-state index contributed by atoms with van der Waals surface area (Å²) in [5.74, 6) is 0.0295. The maximum Gasteiger partial charge on any atom is 0.253 e. The molecule has 0 bridgehead atoms. The van der Waals surface area contributed by atoms with Gasteiger partial charge in [-0.1, -0.05) is 0 Å². The lowest BCUT2D eigenvalue weighted by molar-refractivity contribution is -0.117. The Morgan fingerprint density at radius 3 is 2.88 bits per heavy atom. The molecule has 2 aliphatic rings. The smallest absolute Gasteiger partial charge is 0.253 e. The quantitative estimate of drug-likeness (QED) is 0.642. The van der Waals surface area contributed by atoms with Gasteiger partial charge in [0.25, 0.3) is 11.5 Å². The van der Waals surface area contributed by atoms with Gasteiger partial charge in [0, 0.05) is 18.2 Å². The monoisotopic (exact) mass is 233 g/mol. The maximum atomic E-state index is 11.9. The van der Waals surface area contributed by atoms with Gasteiger partial charge >= 0.3 is 0 Å². The van der Waals surface area contributed by atoms with E-state index in [9.17, 15) is 14.4 Å². The Morgan fingerprint density at radius 2 is 2.12 bits per heavy atom. The highest BCUT2D eigenvalue weighted by molar-refractivity contribution is 6.02. The van der Waals surface area contributed by atoms with Crippen molar-refractivity contribution in [3.05, 3.63) is 27.5 Å². The van der Waals surface area contributed by atoms with E-state index in [0.29, 0.717) is 24.3 Å². The molecule has 1 aromatic rings. The summed E-state index contributed by atoms with van der Waals surface area (Å²) in [6.07, 6.45) is 0.629. The van der Waals surface area contributed by atoms with E-state index < -0.39 is 6.04 Å². The summed E-state index contributed by atoms with van der Waals surface area (Å²) in [5.41, 5.74) is 0.814. The van der Waals surface area contributed by atoms with Crippen LogP contribution in [0.15, 0.2) is 10.9 Å². The first-order chi connectivity index (χ1) is 8.09. The molecule has 2 amide bonds. The van der Waals surface area contributed by atoms with E-state index in [-0.39, 0.29) is 17.4 Å². The second kappa shape index (κ2) is 3.19. The number of rotatable bonds is 0. The molecule has 2 N–H and O–H groups in total. The lowest BCUT2D eigenvalue weighted by Gasteiger charge is -2.19. The van der Waals surface area contributed by atoms with Gasteiger partial charge in [0.2, 0.25) is 5.91 Å². The zero-order valence-electron chi connectivity index (χ0n) is 9.24. The van der Waals surface area contributed by atoms with Crippen LogP contribution in [0.25, 0.3) is 0 Å². The third-order valence-electron chi connectivity index (χ3n) is 3.27. The Balaban J connectivity index is 2.32. The molecule has 0 radical (unpaired) electrons. The van der Waals surface area contributed by atoms with Crippen LogP contribution < -0.4 is 16.2 Å². The minimum Gasteiger partial charge on any atom is -0.352 e. The number of fused-ring (bicyclic) bond motifs is 3. The summed E-state index contributed by atoms with van der Waals surface area (Å²) in [6.45, 7) is 2.20. The summed E-state index contributed by atoms with van der Waals surface area (Å²) in [7, 11) is 0. The predicted octanol–water partition coefficient (Wildman–Crippen LogP) is -0.353. The van der Waals surface area contributed by atoms with Crippen LogP contribution in [0, 0.1) is 0 Å². The lowest BCUT2D eigenvalue weighted by atomic mass is 10.0. The van der Waals surface area contributed by atoms with Gasteiger partial charge < -0.3 is 10.6 Å². The van der Waals surface area contributed by atoms with Crippen molar-refractivity contribution in [1.82, 2.24) is 9.88 Å². The Labute approximate surface area is 96.6 Å². The van der Waals surface area contributed by atoms with Gasteiger partial charge in [-0.15, -0.1) is 0 Å². The van der Waals surface area contributed by atoms with Crippen LogP contribution in [-0.4, -0.2) is 22.9 Å². The van der Waals surface area contributed by atoms with Crippen molar-refractivity contribution < 1.29 is 9.59 Å². The average Bonchev–Trinajstić information content (AvgIpc) is 2.58. The number of hydrogen-bond acceptors (Lipinski definition) is 3. The van der Waals surface area contributed by atoms with Crippen molar-refractivity contribution in [2.24, 2.45) is 0 Å². The topological polar surface area (TPSA) is 80.2 Å². The number of carbonyl (C=O) groups is 2. The predicted molar refractivity (Wildman–Crippen MR) is 60.1 cm³/mol.